The number of benzene rings is 1. The maximum Gasteiger partial charge on any atom is 0.0441 e. The molecule has 0 aliphatic heterocycles. The summed E-state index contributed by atoms with van der Waals surface area (Å²) in [6.07, 6.45) is 0.829. The van der Waals surface area contributed by atoms with Gasteiger partial charge in [0, 0.05) is 23.1 Å². The van der Waals surface area contributed by atoms with Crippen LogP contribution >= 0.6 is 11.8 Å². The van der Waals surface area contributed by atoms with Crippen molar-refractivity contribution in [1.82, 2.24) is 0 Å². The molecular formula is C15H25NOS. The third kappa shape index (κ3) is 4.63. The highest BCUT2D eigenvalue weighted by Crippen LogP contribution is 2.34. The van der Waals surface area contributed by atoms with Crippen molar-refractivity contribution in [3.63, 3.8) is 0 Å². The fourth-order valence-corrected chi connectivity index (χ4v) is 3.46. The van der Waals surface area contributed by atoms with Crippen molar-refractivity contribution < 1.29 is 5.11 Å². The SMILES string of the molecule is CC(CCO)SC(C(C)C)C(N)c1ccccc1. The van der Waals surface area contributed by atoms with E-state index in [2.05, 4.69) is 32.9 Å². The fraction of sp³-hybridized carbons (Fsp3) is 0.600. The number of aliphatic hydroxyl groups is 1. The molecule has 0 saturated carbocycles. The van der Waals surface area contributed by atoms with Gasteiger partial charge in [-0.15, -0.1) is 0 Å². The number of rotatable bonds is 7. The van der Waals surface area contributed by atoms with Gasteiger partial charge in [0.2, 0.25) is 0 Å². The monoisotopic (exact) mass is 267 g/mol. The third-order valence-electron chi connectivity index (χ3n) is 3.12. The Bertz CT molecular complexity index is 329. The lowest BCUT2D eigenvalue weighted by molar-refractivity contribution is 0.288. The van der Waals surface area contributed by atoms with Crippen LogP contribution in [0.3, 0.4) is 0 Å². The molecule has 0 fully saturated rings. The van der Waals surface area contributed by atoms with Crippen molar-refractivity contribution in [3.8, 4) is 0 Å². The molecular weight excluding hydrogens is 242 g/mol. The topological polar surface area (TPSA) is 46.2 Å². The van der Waals surface area contributed by atoms with Crippen LogP contribution in [0.25, 0.3) is 0 Å². The van der Waals surface area contributed by atoms with E-state index in [1.807, 2.05) is 30.0 Å². The van der Waals surface area contributed by atoms with Crippen molar-refractivity contribution in [2.75, 3.05) is 6.61 Å². The highest BCUT2D eigenvalue weighted by atomic mass is 32.2. The van der Waals surface area contributed by atoms with Gasteiger partial charge in [0.1, 0.15) is 0 Å². The van der Waals surface area contributed by atoms with Crippen LogP contribution in [0.1, 0.15) is 38.8 Å². The van der Waals surface area contributed by atoms with Crippen LogP contribution in [0.2, 0.25) is 0 Å². The first-order chi connectivity index (χ1) is 8.56. The highest BCUT2D eigenvalue weighted by Gasteiger charge is 2.25. The molecule has 0 spiro atoms. The highest BCUT2D eigenvalue weighted by molar-refractivity contribution is 8.00. The Morgan fingerprint density at radius 3 is 2.28 bits per heavy atom. The van der Waals surface area contributed by atoms with Crippen molar-refractivity contribution >= 4 is 11.8 Å². The molecule has 3 heteroatoms. The quantitative estimate of drug-likeness (QED) is 0.797. The molecule has 3 atom stereocenters. The molecule has 18 heavy (non-hydrogen) atoms. The van der Waals surface area contributed by atoms with E-state index in [9.17, 15) is 0 Å². The third-order valence-corrected chi connectivity index (χ3v) is 4.97. The van der Waals surface area contributed by atoms with Crippen molar-refractivity contribution in [3.05, 3.63) is 35.9 Å². The lowest BCUT2D eigenvalue weighted by atomic mass is 9.97. The van der Waals surface area contributed by atoms with Crippen LogP contribution in [-0.2, 0) is 0 Å². The summed E-state index contributed by atoms with van der Waals surface area (Å²) < 4.78 is 0. The van der Waals surface area contributed by atoms with Crippen LogP contribution < -0.4 is 5.73 Å². The number of hydrogen-bond acceptors (Lipinski definition) is 3. The number of hydrogen-bond donors (Lipinski definition) is 2. The van der Waals surface area contributed by atoms with Gasteiger partial charge in [-0.1, -0.05) is 51.1 Å². The lowest BCUT2D eigenvalue weighted by Crippen LogP contribution is -2.30. The Morgan fingerprint density at radius 1 is 1.17 bits per heavy atom. The van der Waals surface area contributed by atoms with E-state index in [-0.39, 0.29) is 12.6 Å². The maximum atomic E-state index is 9.00. The zero-order chi connectivity index (χ0) is 13.5. The van der Waals surface area contributed by atoms with Gasteiger partial charge in [0.05, 0.1) is 0 Å². The summed E-state index contributed by atoms with van der Waals surface area (Å²) in [6, 6.07) is 10.3. The van der Waals surface area contributed by atoms with Gasteiger partial charge in [0.15, 0.2) is 0 Å². The summed E-state index contributed by atoms with van der Waals surface area (Å²) in [4.78, 5) is 0. The van der Waals surface area contributed by atoms with E-state index < -0.39 is 0 Å². The van der Waals surface area contributed by atoms with E-state index in [4.69, 9.17) is 10.8 Å². The van der Waals surface area contributed by atoms with Crippen LogP contribution in [0.4, 0.5) is 0 Å². The molecule has 102 valence electrons. The Labute approximate surface area is 115 Å². The largest absolute Gasteiger partial charge is 0.396 e. The molecule has 0 saturated heterocycles. The smallest absolute Gasteiger partial charge is 0.0441 e. The normalized spacial score (nSPS) is 16.6. The maximum absolute atomic E-state index is 9.00. The van der Waals surface area contributed by atoms with Gasteiger partial charge >= 0.3 is 0 Å². The van der Waals surface area contributed by atoms with Gasteiger partial charge in [-0.05, 0) is 17.9 Å². The number of aliphatic hydroxyl groups excluding tert-OH is 1. The molecule has 0 bridgehead atoms. The van der Waals surface area contributed by atoms with Gasteiger partial charge in [-0.25, -0.2) is 0 Å². The van der Waals surface area contributed by atoms with E-state index >= 15 is 0 Å². The fourth-order valence-electron chi connectivity index (χ4n) is 2.04. The summed E-state index contributed by atoms with van der Waals surface area (Å²) in [6.45, 7) is 6.84. The molecule has 0 radical (unpaired) electrons. The van der Waals surface area contributed by atoms with Crippen molar-refractivity contribution in [1.29, 1.82) is 0 Å². The zero-order valence-corrected chi connectivity index (χ0v) is 12.4. The van der Waals surface area contributed by atoms with E-state index in [0.717, 1.165) is 6.42 Å². The molecule has 3 N–H and O–H groups in total. The van der Waals surface area contributed by atoms with Gasteiger partial charge < -0.3 is 10.8 Å². The molecule has 2 nitrogen and oxygen atoms in total. The first-order valence-corrected chi connectivity index (χ1v) is 7.57. The summed E-state index contributed by atoms with van der Waals surface area (Å²) in [7, 11) is 0. The first kappa shape index (κ1) is 15.5. The van der Waals surface area contributed by atoms with E-state index in [1.54, 1.807) is 0 Å². The Balaban J connectivity index is 2.73. The molecule has 1 rings (SSSR count). The Hall–Kier alpha value is -0.510. The standard InChI is InChI=1S/C15H25NOS/c1-11(2)15(18-12(3)9-10-17)14(16)13-7-5-4-6-8-13/h4-8,11-12,14-15,17H,9-10,16H2,1-3H3. The van der Waals surface area contributed by atoms with Gasteiger partial charge in [-0.2, -0.15) is 11.8 Å². The summed E-state index contributed by atoms with van der Waals surface area (Å²) in [5, 5.41) is 9.82. The number of thioether (sulfide) groups is 1. The van der Waals surface area contributed by atoms with Crippen LogP contribution in [-0.4, -0.2) is 22.2 Å². The average Bonchev–Trinajstić information content (AvgIpc) is 2.36. The van der Waals surface area contributed by atoms with E-state index in [1.165, 1.54) is 5.56 Å². The molecule has 0 heterocycles. The van der Waals surface area contributed by atoms with Crippen LogP contribution in [0, 0.1) is 5.92 Å². The second-order valence-corrected chi connectivity index (χ2v) is 6.73. The first-order valence-electron chi connectivity index (χ1n) is 6.63. The van der Waals surface area contributed by atoms with Crippen molar-refractivity contribution in [2.45, 2.75) is 43.7 Å². The molecule has 0 aliphatic carbocycles. The second-order valence-electron chi connectivity index (χ2n) is 5.10. The number of nitrogens with two attached hydrogens (primary N) is 1. The van der Waals surface area contributed by atoms with Crippen LogP contribution in [0.15, 0.2) is 30.3 Å². The molecule has 0 aliphatic rings. The van der Waals surface area contributed by atoms with Crippen LogP contribution in [0.5, 0.6) is 0 Å². The lowest BCUT2D eigenvalue weighted by Gasteiger charge is -2.29. The minimum absolute atomic E-state index is 0.0531. The predicted octanol–water partition coefficient (Wildman–Crippen LogP) is 3.22. The van der Waals surface area contributed by atoms with Gasteiger partial charge in [-0.3, -0.25) is 0 Å². The van der Waals surface area contributed by atoms with Crippen molar-refractivity contribution in [2.24, 2.45) is 11.7 Å². The minimum atomic E-state index is 0.0531. The molecule has 0 amide bonds. The summed E-state index contributed by atoms with van der Waals surface area (Å²) in [5.41, 5.74) is 7.60. The second kappa shape index (κ2) is 7.82. The predicted molar refractivity (Wildman–Crippen MR) is 80.8 cm³/mol. The Morgan fingerprint density at radius 2 is 1.78 bits per heavy atom. The minimum Gasteiger partial charge on any atom is -0.396 e. The summed E-state index contributed by atoms with van der Waals surface area (Å²) >= 11 is 1.90. The molecule has 0 aromatic heterocycles. The molecule has 3 unspecified atom stereocenters. The molecule has 1 aromatic carbocycles. The molecule has 1 aromatic rings. The van der Waals surface area contributed by atoms with Gasteiger partial charge in [0.25, 0.3) is 0 Å². The van der Waals surface area contributed by atoms with E-state index in [0.29, 0.717) is 16.4 Å². The average molecular weight is 267 g/mol. The zero-order valence-electron chi connectivity index (χ0n) is 11.5. The Kier molecular flexibility index (Phi) is 6.76. The summed E-state index contributed by atoms with van der Waals surface area (Å²) in [5.74, 6) is 0.520.